The molecule has 0 amide bonds. The van der Waals surface area contributed by atoms with Crippen molar-refractivity contribution in [2.75, 3.05) is 6.54 Å². The van der Waals surface area contributed by atoms with Gasteiger partial charge in [0.05, 0.1) is 11.6 Å². The Morgan fingerprint density at radius 2 is 2.28 bits per heavy atom. The van der Waals surface area contributed by atoms with Crippen molar-refractivity contribution in [1.82, 2.24) is 4.90 Å². The summed E-state index contributed by atoms with van der Waals surface area (Å²) in [6.07, 6.45) is 2.37. The van der Waals surface area contributed by atoms with Crippen LogP contribution in [0.4, 0.5) is 4.39 Å². The van der Waals surface area contributed by atoms with Crippen molar-refractivity contribution in [2.24, 2.45) is 5.92 Å². The minimum atomic E-state index is -0.205. The Morgan fingerprint density at radius 1 is 1.50 bits per heavy atom. The topological polar surface area (TPSA) is 27.0 Å². The summed E-state index contributed by atoms with van der Waals surface area (Å²) in [6.45, 7) is 6.07. The van der Waals surface area contributed by atoms with Gasteiger partial charge >= 0.3 is 0 Å². The van der Waals surface area contributed by atoms with E-state index in [1.807, 2.05) is 0 Å². The molecule has 2 nitrogen and oxygen atoms in total. The second kappa shape index (κ2) is 5.49. The van der Waals surface area contributed by atoms with Crippen LogP contribution < -0.4 is 0 Å². The van der Waals surface area contributed by atoms with E-state index >= 15 is 0 Å². The maximum absolute atomic E-state index is 13.8. The lowest BCUT2D eigenvalue weighted by molar-refractivity contribution is 0.196. The molecule has 1 saturated heterocycles. The van der Waals surface area contributed by atoms with E-state index in [4.69, 9.17) is 5.26 Å². The van der Waals surface area contributed by atoms with Crippen molar-refractivity contribution in [1.29, 1.82) is 5.26 Å². The van der Waals surface area contributed by atoms with Crippen LogP contribution in [-0.2, 0) is 6.54 Å². The van der Waals surface area contributed by atoms with E-state index in [1.54, 1.807) is 6.07 Å². The van der Waals surface area contributed by atoms with Gasteiger partial charge in [-0.25, -0.2) is 4.39 Å². The molecule has 1 unspecified atom stereocenters. The highest BCUT2D eigenvalue weighted by Crippen LogP contribution is 2.26. The normalized spacial score (nSPS) is 20.3. The van der Waals surface area contributed by atoms with Gasteiger partial charge in [-0.1, -0.05) is 13.8 Å². The van der Waals surface area contributed by atoms with Gasteiger partial charge in [-0.2, -0.15) is 5.26 Å². The van der Waals surface area contributed by atoms with Gasteiger partial charge in [-0.05, 0) is 43.5 Å². The summed E-state index contributed by atoms with van der Waals surface area (Å²) in [5, 5.41) is 8.87. The van der Waals surface area contributed by atoms with E-state index in [0.29, 0.717) is 29.6 Å². The van der Waals surface area contributed by atoms with Gasteiger partial charge in [0, 0.05) is 18.2 Å². The Morgan fingerprint density at radius 3 is 2.94 bits per heavy atom. The number of benzene rings is 1. The van der Waals surface area contributed by atoms with E-state index in [-0.39, 0.29) is 5.82 Å². The molecule has 1 aliphatic heterocycles. The molecule has 0 aliphatic carbocycles. The Kier molecular flexibility index (Phi) is 3.98. The Bertz CT molecular complexity index is 462. The molecule has 0 radical (unpaired) electrons. The van der Waals surface area contributed by atoms with Crippen LogP contribution in [0.5, 0.6) is 0 Å². The number of hydrogen-bond donors (Lipinski definition) is 0. The van der Waals surface area contributed by atoms with Gasteiger partial charge in [0.25, 0.3) is 0 Å². The summed E-state index contributed by atoms with van der Waals surface area (Å²) in [5.74, 6) is 0.387. The lowest BCUT2D eigenvalue weighted by Gasteiger charge is -2.27. The van der Waals surface area contributed by atoms with E-state index in [9.17, 15) is 4.39 Å². The van der Waals surface area contributed by atoms with Gasteiger partial charge in [-0.3, -0.25) is 4.90 Å². The largest absolute Gasteiger partial charge is 0.296 e. The van der Waals surface area contributed by atoms with Crippen LogP contribution in [0.25, 0.3) is 0 Å². The molecule has 1 aliphatic rings. The standard InChI is InChI=1S/C15H19FN2/c1-11(2)15-4-3-7-18(15)10-13-8-12(9-17)5-6-14(13)16/h5-6,8,11,15H,3-4,7,10H2,1-2H3. The van der Waals surface area contributed by atoms with Crippen LogP contribution in [0.3, 0.4) is 0 Å². The first-order valence-electron chi connectivity index (χ1n) is 6.54. The molecule has 3 heteroatoms. The molecule has 1 aromatic carbocycles. The molecule has 18 heavy (non-hydrogen) atoms. The first kappa shape index (κ1) is 13.0. The Hall–Kier alpha value is -1.40. The zero-order valence-electron chi connectivity index (χ0n) is 11.0. The van der Waals surface area contributed by atoms with Crippen molar-refractivity contribution in [3.05, 3.63) is 35.1 Å². The third-order valence-electron chi connectivity index (χ3n) is 3.73. The third kappa shape index (κ3) is 2.70. The summed E-state index contributed by atoms with van der Waals surface area (Å²) in [7, 11) is 0. The summed E-state index contributed by atoms with van der Waals surface area (Å²) >= 11 is 0. The first-order valence-corrected chi connectivity index (χ1v) is 6.54. The first-order chi connectivity index (χ1) is 8.61. The highest BCUT2D eigenvalue weighted by molar-refractivity contribution is 5.33. The minimum Gasteiger partial charge on any atom is -0.296 e. The fourth-order valence-corrected chi connectivity index (χ4v) is 2.79. The Balaban J connectivity index is 2.16. The van der Waals surface area contributed by atoms with Gasteiger partial charge in [-0.15, -0.1) is 0 Å². The summed E-state index contributed by atoms with van der Waals surface area (Å²) < 4.78 is 13.8. The van der Waals surface area contributed by atoms with Crippen molar-refractivity contribution in [3.8, 4) is 6.07 Å². The molecule has 0 spiro atoms. The average molecular weight is 246 g/mol. The highest BCUT2D eigenvalue weighted by Gasteiger charge is 2.27. The molecule has 1 aromatic rings. The molecule has 96 valence electrons. The maximum atomic E-state index is 13.8. The number of rotatable bonds is 3. The van der Waals surface area contributed by atoms with Gasteiger partial charge in [0.15, 0.2) is 0 Å². The number of hydrogen-bond acceptors (Lipinski definition) is 2. The van der Waals surface area contributed by atoms with Crippen molar-refractivity contribution < 1.29 is 4.39 Å². The number of halogens is 1. The van der Waals surface area contributed by atoms with E-state index in [2.05, 4.69) is 24.8 Å². The van der Waals surface area contributed by atoms with Gasteiger partial charge in [0.2, 0.25) is 0 Å². The lowest BCUT2D eigenvalue weighted by Crippen LogP contribution is -2.33. The molecule has 1 fully saturated rings. The maximum Gasteiger partial charge on any atom is 0.127 e. The van der Waals surface area contributed by atoms with E-state index in [0.717, 1.165) is 6.54 Å². The minimum absolute atomic E-state index is 0.205. The second-order valence-corrected chi connectivity index (χ2v) is 5.34. The SMILES string of the molecule is CC(C)C1CCCN1Cc1cc(C#N)ccc1F. The van der Waals surface area contributed by atoms with Crippen molar-refractivity contribution >= 4 is 0 Å². The summed E-state index contributed by atoms with van der Waals surface area (Å²) in [5.41, 5.74) is 1.17. The summed E-state index contributed by atoms with van der Waals surface area (Å²) in [6, 6.07) is 7.20. The summed E-state index contributed by atoms with van der Waals surface area (Å²) in [4.78, 5) is 2.34. The molecule has 0 bridgehead atoms. The monoisotopic (exact) mass is 246 g/mol. The van der Waals surface area contributed by atoms with E-state index in [1.165, 1.54) is 25.0 Å². The third-order valence-corrected chi connectivity index (χ3v) is 3.73. The molecule has 0 saturated carbocycles. The zero-order valence-corrected chi connectivity index (χ0v) is 11.0. The Labute approximate surface area is 108 Å². The highest BCUT2D eigenvalue weighted by atomic mass is 19.1. The molecule has 1 atom stereocenters. The van der Waals surface area contributed by atoms with Crippen LogP contribution in [0, 0.1) is 23.1 Å². The predicted molar refractivity (Wildman–Crippen MR) is 69.4 cm³/mol. The quantitative estimate of drug-likeness (QED) is 0.818. The van der Waals surface area contributed by atoms with E-state index < -0.39 is 0 Å². The fraction of sp³-hybridized carbons (Fsp3) is 0.533. The second-order valence-electron chi connectivity index (χ2n) is 5.34. The molecule has 2 rings (SSSR count). The zero-order chi connectivity index (χ0) is 13.1. The van der Waals surface area contributed by atoms with Crippen LogP contribution in [0.15, 0.2) is 18.2 Å². The van der Waals surface area contributed by atoms with Gasteiger partial charge < -0.3 is 0 Å². The number of nitriles is 1. The average Bonchev–Trinajstić information content (AvgIpc) is 2.80. The molecular weight excluding hydrogens is 227 g/mol. The lowest BCUT2D eigenvalue weighted by atomic mass is 10.0. The van der Waals surface area contributed by atoms with Crippen LogP contribution in [0.2, 0.25) is 0 Å². The molecule has 1 heterocycles. The molecule has 0 N–H and O–H groups in total. The molecule has 0 aromatic heterocycles. The number of nitrogens with zero attached hydrogens (tertiary/aromatic N) is 2. The van der Waals surface area contributed by atoms with Crippen molar-refractivity contribution in [2.45, 2.75) is 39.3 Å². The fourth-order valence-electron chi connectivity index (χ4n) is 2.79. The molecular formula is C15H19FN2. The van der Waals surface area contributed by atoms with Crippen LogP contribution >= 0.6 is 0 Å². The van der Waals surface area contributed by atoms with Crippen LogP contribution in [-0.4, -0.2) is 17.5 Å². The van der Waals surface area contributed by atoms with Crippen molar-refractivity contribution in [3.63, 3.8) is 0 Å². The number of likely N-dealkylation sites (tertiary alicyclic amines) is 1. The van der Waals surface area contributed by atoms with Gasteiger partial charge in [0.1, 0.15) is 5.82 Å². The predicted octanol–water partition coefficient (Wildman–Crippen LogP) is 3.32. The van der Waals surface area contributed by atoms with Crippen LogP contribution in [0.1, 0.15) is 37.8 Å². The smallest absolute Gasteiger partial charge is 0.127 e.